The molecule has 6 nitrogen and oxygen atoms in total. The largest absolute Gasteiger partial charge is 0.461 e. The second-order valence-electron chi connectivity index (χ2n) is 4.40. The average Bonchev–Trinajstić information content (AvgIpc) is 3.07. The third-order valence-electron chi connectivity index (χ3n) is 3.08. The Morgan fingerprint density at radius 2 is 2.42 bits per heavy atom. The molecule has 1 aromatic heterocycles. The highest BCUT2D eigenvalue weighted by Gasteiger charge is 2.28. The van der Waals surface area contributed by atoms with Crippen molar-refractivity contribution in [2.45, 2.75) is 13.3 Å². The summed E-state index contributed by atoms with van der Waals surface area (Å²) in [4.78, 5) is 29.4. The normalized spacial score (nSPS) is 18.6. The van der Waals surface area contributed by atoms with E-state index in [1.165, 1.54) is 0 Å². The molecule has 0 spiro atoms. The van der Waals surface area contributed by atoms with E-state index in [2.05, 4.69) is 4.98 Å². The average molecular weight is 283 g/mol. The van der Waals surface area contributed by atoms with E-state index in [0.29, 0.717) is 37.9 Å². The minimum Gasteiger partial charge on any atom is -0.461 e. The lowest BCUT2D eigenvalue weighted by atomic mass is 10.1. The van der Waals surface area contributed by atoms with Gasteiger partial charge in [0.2, 0.25) is 5.01 Å². The number of esters is 1. The van der Waals surface area contributed by atoms with Gasteiger partial charge in [0.1, 0.15) is 5.69 Å². The summed E-state index contributed by atoms with van der Waals surface area (Å²) < 4.78 is 4.85. The molecule has 0 bridgehead atoms. The molecule has 2 N–H and O–H groups in total. The molecule has 0 saturated carbocycles. The number of hydrogen-bond acceptors (Lipinski definition) is 6. The highest BCUT2D eigenvalue weighted by atomic mass is 32.1. The highest BCUT2D eigenvalue weighted by Crippen LogP contribution is 2.19. The molecule has 104 valence electrons. The Balaban J connectivity index is 2.02. The summed E-state index contributed by atoms with van der Waals surface area (Å²) in [5.41, 5.74) is 5.91. The first kappa shape index (κ1) is 14.0. The van der Waals surface area contributed by atoms with Crippen molar-refractivity contribution in [2.24, 2.45) is 11.7 Å². The van der Waals surface area contributed by atoms with E-state index >= 15 is 0 Å². The maximum absolute atomic E-state index is 12.2. The summed E-state index contributed by atoms with van der Waals surface area (Å²) in [5.74, 6) is -0.248. The summed E-state index contributed by atoms with van der Waals surface area (Å²) >= 11 is 1.13. The Kier molecular flexibility index (Phi) is 4.49. The van der Waals surface area contributed by atoms with Crippen LogP contribution in [0.5, 0.6) is 0 Å². The SMILES string of the molecule is CCOC(=O)c1nc(C(=O)N2CCC(CN)C2)cs1. The van der Waals surface area contributed by atoms with Gasteiger partial charge in [0.15, 0.2) is 0 Å². The summed E-state index contributed by atoms with van der Waals surface area (Å²) in [6, 6.07) is 0. The third-order valence-corrected chi connectivity index (χ3v) is 3.90. The first-order valence-corrected chi connectivity index (χ1v) is 7.15. The fourth-order valence-corrected chi connectivity index (χ4v) is 2.71. The molecular formula is C12H17N3O3S. The predicted molar refractivity (Wildman–Crippen MR) is 71.1 cm³/mol. The van der Waals surface area contributed by atoms with Gasteiger partial charge in [-0.2, -0.15) is 0 Å². The number of rotatable bonds is 4. The monoisotopic (exact) mass is 283 g/mol. The van der Waals surface area contributed by atoms with Gasteiger partial charge < -0.3 is 15.4 Å². The molecule has 1 atom stereocenters. The van der Waals surface area contributed by atoms with Crippen molar-refractivity contribution in [3.8, 4) is 0 Å². The van der Waals surface area contributed by atoms with Crippen LogP contribution in [-0.2, 0) is 4.74 Å². The van der Waals surface area contributed by atoms with E-state index in [1.807, 2.05) is 0 Å². The fourth-order valence-electron chi connectivity index (χ4n) is 2.03. The van der Waals surface area contributed by atoms with Crippen molar-refractivity contribution in [3.63, 3.8) is 0 Å². The van der Waals surface area contributed by atoms with Crippen LogP contribution in [0.15, 0.2) is 5.38 Å². The van der Waals surface area contributed by atoms with E-state index in [4.69, 9.17) is 10.5 Å². The van der Waals surface area contributed by atoms with Crippen LogP contribution in [0.4, 0.5) is 0 Å². The lowest BCUT2D eigenvalue weighted by molar-refractivity contribution is 0.0526. The number of carbonyl (C=O) groups is 2. The number of amides is 1. The molecule has 1 aliphatic rings. The van der Waals surface area contributed by atoms with Gasteiger partial charge in [-0.15, -0.1) is 11.3 Å². The quantitative estimate of drug-likeness (QED) is 0.824. The Morgan fingerprint density at radius 1 is 1.63 bits per heavy atom. The molecular weight excluding hydrogens is 266 g/mol. The summed E-state index contributed by atoms with van der Waals surface area (Å²) in [7, 11) is 0. The zero-order valence-electron chi connectivity index (χ0n) is 10.8. The molecule has 1 aliphatic heterocycles. The second kappa shape index (κ2) is 6.12. The number of likely N-dealkylation sites (tertiary alicyclic amines) is 1. The minimum absolute atomic E-state index is 0.136. The second-order valence-corrected chi connectivity index (χ2v) is 5.26. The van der Waals surface area contributed by atoms with Gasteiger partial charge in [0, 0.05) is 18.5 Å². The van der Waals surface area contributed by atoms with E-state index < -0.39 is 5.97 Å². The molecule has 0 radical (unpaired) electrons. The third kappa shape index (κ3) is 3.10. The molecule has 1 fully saturated rings. The van der Waals surface area contributed by atoms with Crippen LogP contribution in [-0.4, -0.2) is 48.0 Å². The number of nitrogens with zero attached hydrogens (tertiary/aromatic N) is 2. The predicted octanol–water partition coefficient (Wildman–Crippen LogP) is 0.741. The van der Waals surface area contributed by atoms with Crippen LogP contribution in [0.2, 0.25) is 0 Å². The first-order valence-electron chi connectivity index (χ1n) is 6.27. The van der Waals surface area contributed by atoms with E-state index in [9.17, 15) is 9.59 Å². The van der Waals surface area contributed by atoms with Crippen LogP contribution in [0.3, 0.4) is 0 Å². The van der Waals surface area contributed by atoms with E-state index in [-0.39, 0.29) is 10.9 Å². The molecule has 19 heavy (non-hydrogen) atoms. The van der Waals surface area contributed by atoms with Crippen molar-refractivity contribution < 1.29 is 14.3 Å². The first-order chi connectivity index (χ1) is 9.15. The lowest BCUT2D eigenvalue weighted by Gasteiger charge is -2.14. The van der Waals surface area contributed by atoms with Gasteiger partial charge in [-0.1, -0.05) is 0 Å². The highest BCUT2D eigenvalue weighted by molar-refractivity contribution is 7.11. The van der Waals surface area contributed by atoms with Crippen LogP contribution < -0.4 is 5.73 Å². The maximum atomic E-state index is 12.2. The Morgan fingerprint density at radius 3 is 3.05 bits per heavy atom. The van der Waals surface area contributed by atoms with Crippen molar-refractivity contribution in [2.75, 3.05) is 26.2 Å². The van der Waals surface area contributed by atoms with Gasteiger partial charge in [0.25, 0.3) is 5.91 Å². The fraction of sp³-hybridized carbons (Fsp3) is 0.583. The standard InChI is InChI=1S/C12H17N3O3S/c1-2-18-12(17)10-14-9(7-19-10)11(16)15-4-3-8(5-13)6-15/h7-8H,2-6,13H2,1H3. The topological polar surface area (TPSA) is 85.5 Å². The molecule has 0 aliphatic carbocycles. The molecule has 2 heterocycles. The maximum Gasteiger partial charge on any atom is 0.367 e. The number of carbonyl (C=O) groups excluding carboxylic acids is 2. The van der Waals surface area contributed by atoms with Crippen molar-refractivity contribution >= 4 is 23.2 Å². The Hall–Kier alpha value is -1.47. The lowest BCUT2D eigenvalue weighted by Crippen LogP contribution is -2.30. The van der Waals surface area contributed by atoms with Gasteiger partial charge in [-0.25, -0.2) is 9.78 Å². The number of ether oxygens (including phenoxy) is 1. The number of hydrogen-bond donors (Lipinski definition) is 1. The molecule has 7 heteroatoms. The van der Waals surface area contributed by atoms with Crippen LogP contribution in [0, 0.1) is 5.92 Å². The number of nitrogens with two attached hydrogens (primary N) is 1. The van der Waals surface area contributed by atoms with Crippen LogP contribution in [0.25, 0.3) is 0 Å². The summed E-state index contributed by atoms with van der Waals surface area (Å²) in [5, 5.41) is 1.82. The molecule has 2 rings (SSSR count). The van der Waals surface area contributed by atoms with Crippen molar-refractivity contribution in [3.05, 3.63) is 16.1 Å². The Labute approximate surface area is 115 Å². The molecule has 1 unspecified atom stereocenters. The Bertz CT molecular complexity index is 475. The van der Waals surface area contributed by atoms with Gasteiger partial charge >= 0.3 is 5.97 Å². The molecule has 1 amide bonds. The number of thiazole rings is 1. The van der Waals surface area contributed by atoms with Gasteiger partial charge in [-0.05, 0) is 25.8 Å². The molecule has 1 saturated heterocycles. The molecule has 0 aromatic carbocycles. The minimum atomic E-state index is -0.479. The van der Waals surface area contributed by atoms with E-state index in [1.54, 1.807) is 17.2 Å². The van der Waals surface area contributed by atoms with Crippen molar-refractivity contribution in [1.82, 2.24) is 9.88 Å². The van der Waals surface area contributed by atoms with Crippen LogP contribution in [0.1, 0.15) is 33.6 Å². The summed E-state index contributed by atoms with van der Waals surface area (Å²) in [6.45, 7) is 3.99. The zero-order valence-corrected chi connectivity index (χ0v) is 11.6. The zero-order chi connectivity index (χ0) is 13.8. The van der Waals surface area contributed by atoms with E-state index in [0.717, 1.165) is 17.8 Å². The summed E-state index contributed by atoms with van der Waals surface area (Å²) in [6.07, 6.45) is 0.928. The van der Waals surface area contributed by atoms with Crippen LogP contribution >= 0.6 is 11.3 Å². The smallest absolute Gasteiger partial charge is 0.367 e. The molecule has 1 aromatic rings. The van der Waals surface area contributed by atoms with Crippen molar-refractivity contribution in [1.29, 1.82) is 0 Å². The van der Waals surface area contributed by atoms with Gasteiger partial charge in [-0.3, -0.25) is 4.79 Å². The van der Waals surface area contributed by atoms with Gasteiger partial charge in [0.05, 0.1) is 6.61 Å². The number of aromatic nitrogens is 1.